The molecule has 0 aliphatic carbocycles. The summed E-state index contributed by atoms with van der Waals surface area (Å²) >= 11 is 0. The lowest BCUT2D eigenvalue weighted by atomic mass is 10.1. The van der Waals surface area contributed by atoms with Crippen LogP contribution in [0.4, 0.5) is 10.6 Å². The highest BCUT2D eigenvalue weighted by Gasteiger charge is 2.26. The maximum Gasteiger partial charge on any atom is 0.409 e. The minimum Gasteiger partial charge on any atom is -0.453 e. The van der Waals surface area contributed by atoms with Gasteiger partial charge in [0.1, 0.15) is 5.82 Å². The van der Waals surface area contributed by atoms with Crippen LogP contribution in [-0.2, 0) is 11.3 Å². The first-order valence-electron chi connectivity index (χ1n) is 8.55. The van der Waals surface area contributed by atoms with Crippen molar-refractivity contribution in [3.8, 4) is 0 Å². The van der Waals surface area contributed by atoms with Crippen LogP contribution in [0.15, 0.2) is 46.0 Å². The van der Waals surface area contributed by atoms with Crippen molar-refractivity contribution < 1.29 is 9.53 Å². The van der Waals surface area contributed by atoms with Gasteiger partial charge in [-0.15, -0.1) is 0 Å². The predicted octanol–water partition coefficient (Wildman–Crippen LogP) is 1.55. The number of H-pyrrole nitrogens is 1. The Morgan fingerprint density at radius 1 is 1.23 bits per heavy atom. The van der Waals surface area contributed by atoms with Crippen molar-refractivity contribution >= 4 is 11.9 Å². The molecule has 1 aromatic heterocycles. The number of hydrogen-bond donors (Lipinski definition) is 2. The number of hydrogen-bond acceptors (Lipinski definition) is 5. The van der Waals surface area contributed by atoms with Gasteiger partial charge in [-0.25, -0.2) is 9.59 Å². The van der Waals surface area contributed by atoms with Gasteiger partial charge in [0.25, 0.3) is 5.56 Å². The van der Waals surface area contributed by atoms with Crippen molar-refractivity contribution in [1.29, 1.82) is 0 Å². The first-order valence-corrected chi connectivity index (χ1v) is 8.55. The first-order chi connectivity index (χ1) is 12.6. The summed E-state index contributed by atoms with van der Waals surface area (Å²) in [6.07, 6.45) is 0.689. The molecule has 1 amide bonds. The van der Waals surface area contributed by atoms with E-state index >= 15 is 0 Å². The van der Waals surface area contributed by atoms with E-state index in [2.05, 4.69) is 10.3 Å². The Kier molecular flexibility index (Phi) is 5.40. The van der Waals surface area contributed by atoms with Gasteiger partial charge >= 0.3 is 11.8 Å². The van der Waals surface area contributed by atoms with Crippen LogP contribution in [0.3, 0.4) is 0 Å². The zero-order valence-electron chi connectivity index (χ0n) is 14.6. The number of likely N-dealkylation sites (tertiary alicyclic amines) is 1. The molecule has 0 atom stereocenters. The van der Waals surface area contributed by atoms with Crippen LogP contribution in [0.25, 0.3) is 0 Å². The molecule has 2 aromatic rings. The second-order valence-electron chi connectivity index (χ2n) is 6.22. The summed E-state index contributed by atoms with van der Waals surface area (Å²) in [6.45, 7) is 1.42. The predicted molar refractivity (Wildman–Crippen MR) is 97.3 cm³/mol. The van der Waals surface area contributed by atoms with Gasteiger partial charge in [0.15, 0.2) is 0 Å². The van der Waals surface area contributed by atoms with Crippen molar-refractivity contribution in [2.24, 2.45) is 0 Å². The Balaban J connectivity index is 1.69. The number of nitrogens with one attached hydrogen (secondary N) is 2. The minimum absolute atomic E-state index is 0.227. The highest BCUT2D eigenvalue weighted by Crippen LogP contribution is 2.20. The molecule has 3 rings (SSSR count). The molecular formula is C18H22N4O4. The summed E-state index contributed by atoms with van der Waals surface area (Å²) in [5.41, 5.74) is 0.262. The van der Waals surface area contributed by atoms with Crippen LogP contribution in [0.2, 0.25) is 0 Å². The molecule has 0 radical (unpaired) electrons. The topological polar surface area (TPSA) is 96.4 Å². The Labute approximate surface area is 150 Å². The van der Waals surface area contributed by atoms with E-state index in [4.69, 9.17) is 4.74 Å². The number of anilines is 1. The fourth-order valence-corrected chi connectivity index (χ4v) is 3.17. The molecule has 8 nitrogen and oxygen atoms in total. The molecule has 1 aromatic carbocycles. The lowest BCUT2D eigenvalue weighted by Gasteiger charge is -2.31. The second kappa shape index (κ2) is 7.90. The molecule has 138 valence electrons. The SMILES string of the molecule is COC(=O)N1CCC(n2c(=O)cc(NCc3ccccc3)[nH]c2=O)CC1. The summed E-state index contributed by atoms with van der Waals surface area (Å²) in [6, 6.07) is 10.9. The number of rotatable bonds is 4. The van der Waals surface area contributed by atoms with Crippen molar-refractivity contribution in [2.75, 3.05) is 25.5 Å². The second-order valence-corrected chi connectivity index (χ2v) is 6.22. The highest BCUT2D eigenvalue weighted by atomic mass is 16.5. The fraction of sp³-hybridized carbons (Fsp3) is 0.389. The van der Waals surface area contributed by atoms with E-state index in [1.54, 1.807) is 4.90 Å². The van der Waals surface area contributed by atoms with Gasteiger partial charge < -0.3 is 15.0 Å². The van der Waals surface area contributed by atoms with E-state index in [-0.39, 0.29) is 17.7 Å². The molecule has 0 spiro atoms. The maximum absolute atomic E-state index is 12.4. The monoisotopic (exact) mass is 358 g/mol. The fourth-order valence-electron chi connectivity index (χ4n) is 3.17. The summed E-state index contributed by atoms with van der Waals surface area (Å²) < 4.78 is 5.94. The van der Waals surface area contributed by atoms with Gasteiger partial charge in [0.05, 0.1) is 7.11 Å². The number of aromatic amines is 1. The largest absolute Gasteiger partial charge is 0.453 e. The smallest absolute Gasteiger partial charge is 0.409 e. The average Bonchev–Trinajstić information content (AvgIpc) is 2.66. The molecular weight excluding hydrogens is 336 g/mol. The summed E-state index contributed by atoms with van der Waals surface area (Å²) in [7, 11) is 1.34. The van der Waals surface area contributed by atoms with Gasteiger partial charge in [0.2, 0.25) is 0 Å². The molecule has 0 unspecified atom stereocenters. The number of ether oxygens (including phenoxy) is 1. The van der Waals surface area contributed by atoms with Crippen LogP contribution in [0.1, 0.15) is 24.4 Å². The number of aromatic nitrogens is 2. The maximum atomic E-state index is 12.4. The van der Waals surface area contributed by atoms with Gasteiger partial charge in [0, 0.05) is 31.7 Å². The van der Waals surface area contributed by atoms with E-state index in [1.807, 2.05) is 30.3 Å². The number of amides is 1. The summed E-state index contributed by atoms with van der Waals surface area (Å²) in [4.78, 5) is 40.7. The van der Waals surface area contributed by atoms with Gasteiger partial charge in [-0.05, 0) is 18.4 Å². The van der Waals surface area contributed by atoms with Crippen LogP contribution in [0.5, 0.6) is 0 Å². The first kappa shape index (κ1) is 17.8. The molecule has 0 saturated carbocycles. The molecule has 2 N–H and O–H groups in total. The third kappa shape index (κ3) is 3.96. The van der Waals surface area contributed by atoms with E-state index in [0.29, 0.717) is 38.3 Å². The van der Waals surface area contributed by atoms with E-state index < -0.39 is 5.69 Å². The van der Waals surface area contributed by atoms with Crippen molar-refractivity contribution in [2.45, 2.75) is 25.4 Å². The Bertz CT molecular complexity index is 836. The highest BCUT2D eigenvalue weighted by molar-refractivity contribution is 5.67. The summed E-state index contributed by atoms with van der Waals surface area (Å²) in [5.74, 6) is 0.395. The normalized spacial score (nSPS) is 14.9. The molecule has 8 heteroatoms. The van der Waals surface area contributed by atoms with Gasteiger partial charge in [-0.3, -0.25) is 14.3 Å². The lowest BCUT2D eigenvalue weighted by molar-refractivity contribution is 0.106. The van der Waals surface area contributed by atoms with Gasteiger partial charge in [-0.1, -0.05) is 30.3 Å². The van der Waals surface area contributed by atoms with Crippen molar-refractivity contribution in [1.82, 2.24) is 14.5 Å². The molecule has 2 heterocycles. The summed E-state index contributed by atoms with van der Waals surface area (Å²) in [5, 5.41) is 3.06. The number of carbonyl (C=O) groups excluding carboxylic acids is 1. The zero-order chi connectivity index (χ0) is 18.5. The van der Waals surface area contributed by atoms with Crippen molar-refractivity contribution in [3.05, 3.63) is 62.8 Å². The molecule has 1 aliphatic rings. The van der Waals surface area contributed by atoms with Crippen LogP contribution < -0.4 is 16.6 Å². The number of piperidine rings is 1. The number of benzene rings is 1. The minimum atomic E-state index is -0.440. The van der Waals surface area contributed by atoms with Crippen LogP contribution >= 0.6 is 0 Å². The van der Waals surface area contributed by atoms with E-state index in [0.717, 1.165) is 5.56 Å². The molecule has 26 heavy (non-hydrogen) atoms. The number of nitrogens with zero attached hydrogens (tertiary/aromatic N) is 2. The third-order valence-corrected chi connectivity index (χ3v) is 4.55. The van der Waals surface area contributed by atoms with Gasteiger partial charge in [-0.2, -0.15) is 0 Å². The number of carbonyl (C=O) groups is 1. The molecule has 1 saturated heterocycles. The molecule has 0 bridgehead atoms. The van der Waals surface area contributed by atoms with Crippen LogP contribution in [0, 0.1) is 0 Å². The average molecular weight is 358 g/mol. The quantitative estimate of drug-likeness (QED) is 0.864. The lowest BCUT2D eigenvalue weighted by Crippen LogP contribution is -2.44. The van der Waals surface area contributed by atoms with E-state index in [1.165, 1.54) is 17.7 Å². The zero-order valence-corrected chi connectivity index (χ0v) is 14.6. The Morgan fingerprint density at radius 2 is 1.92 bits per heavy atom. The van der Waals surface area contributed by atoms with Crippen LogP contribution in [-0.4, -0.2) is 40.7 Å². The molecule has 1 fully saturated rings. The standard InChI is InChI=1S/C18H22N4O4/c1-26-18(25)21-9-7-14(8-10-21)22-16(23)11-15(20-17(22)24)19-12-13-5-3-2-4-6-13/h2-6,11,14,19H,7-10,12H2,1H3,(H,20,24). The Morgan fingerprint density at radius 3 is 2.54 bits per heavy atom. The number of methoxy groups -OCH3 is 1. The third-order valence-electron chi connectivity index (χ3n) is 4.55. The van der Waals surface area contributed by atoms with Crippen molar-refractivity contribution in [3.63, 3.8) is 0 Å². The Hall–Kier alpha value is -3.03. The van der Waals surface area contributed by atoms with E-state index in [9.17, 15) is 14.4 Å². The molecule has 1 aliphatic heterocycles.